The number of hydrogen-bond donors (Lipinski definition) is 2. The summed E-state index contributed by atoms with van der Waals surface area (Å²) < 4.78 is 5.81. The second-order valence-electron chi connectivity index (χ2n) is 6.05. The maximum Gasteiger partial charge on any atom is 0.119 e. The van der Waals surface area contributed by atoms with E-state index < -0.39 is 0 Å². The van der Waals surface area contributed by atoms with Gasteiger partial charge in [0, 0.05) is 13.1 Å². The van der Waals surface area contributed by atoms with Crippen LogP contribution in [-0.4, -0.2) is 19.7 Å². The van der Waals surface area contributed by atoms with Gasteiger partial charge in [0.1, 0.15) is 5.75 Å². The molecule has 1 aliphatic rings. The van der Waals surface area contributed by atoms with Crippen molar-refractivity contribution >= 4 is 11.4 Å². The normalized spacial score (nSPS) is 12.9. The third kappa shape index (κ3) is 4.19. The molecule has 0 unspecified atom stereocenters. The third-order valence-electron chi connectivity index (χ3n) is 4.23. The largest absolute Gasteiger partial charge is 0.494 e. The van der Waals surface area contributed by atoms with Crippen LogP contribution < -0.4 is 15.4 Å². The van der Waals surface area contributed by atoms with Gasteiger partial charge in [0.15, 0.2) is 0 Å². The fourth-order valence-corrected chi connectivity index (χ4v) is 2.88. The molecule has 3 rings (SSSR count). The van der Waals surface area contributed by atoms with Gasteiger partial charge < -0.3 is 15.4 Å². The molecule has 23 heavy (non-hydrogen) atoms. The van der Waals surface area contributed by atoms with Crippen LogP contribution in [0.15, 0.2) is 42.5 Å². The van der Waals surface area contributed by atoms with Crippen LogP contribution in [0.4, 0.5) is 11.4 Å². The van der Waals surface area contributed by atoms with Crippen LogP contribution in [0, 0.1) is 0 Å². The highest BCUT2D eigenvalue weighted by atomic mass is 16.5. The van der Waals surface area contributed by atoms with Gasteiger partial charge in [0.2, 0.25) is 0 Å². The summed E-state index contributed by atoms with van der Waals surface area (Å²) in [7, 11) is 0. The van der Waals surface area contributed by atoms with Crippen LogP contribution in [0.25, 0.3) is 11.1 Å². The first-order valence-corrected chi connectivity index (χ1v) is 8.72. The molecule has 2 N–H and O–H groups in total. The molecule has 0 saturated carbocycles. The Morgan fingerprint density at radius 3 is 2.35 bits per heavy atom. The Bertz CT molecular complexity index is 622. The highest BCUT2D eigenvalue weighted by Gasteiger charge is 2.08. The molecule has 0 saturated heterocycles. The SMILES string of the molecule is CCCCCCOc1ccc(-c2ccc3c(c2)NCCN3)cc1. The number of benzene rings is 2. The quantitative estimate of drug-likeness (QED) is 0.694. The summed E-state index contributed by atoms with van der Waals surface area (Å²) in [5.41, 5.74) is 4.82. The van der Waals surface area contributed by atoms with E-state index in [9.17, 15) is 0 Å². The van der Waals surface area contributed by atoms with E-state index in [2.05, 4.69) is 60.0 Å². The van der Waals surface area contributed by atoms with Gasteiger partial charge in [0.25, 0.3) is 0 Å². The van der Waals surface area contributed by atoms with Gasteiger partial charge in [0.05, 0.1) is 18.0 Å². The Morgan fingerprint density at radius 1 is 0.826 bits per heavy atom. The van der Waals surface area contributed by atoms with Crippen LogP contribution in [0.2, 0.25) is 0 Å². The van der Waals surface area contributed by atoms with Crippen molar-refractivity contribution in [3.05, 3.63) is 42.5 Å². The molecule has 0 fully saturated rings. The van der Waals surface area contributed by atoms with Crippen molar-refractivity contribution in [2.24, 2.45) is 0 Å². The van der Waals surface area contributed by atoms with E-state index >= 15 is 0 Å². The standard InChI is InChI=1S/C20H26N2O/c1-2-3-4-5-14-23-18-9-6-16(7-10-18)17-8-11-19-20(15-17)22-13-12-21-19/h6-11,15,21-22H,2-5,12-14H2,1H3. The topological polar surface area (TPSA) is 33.3 Å². The first-order valence-electron chi connectivity index (χ1n) is 8.72. The Labute approximate surface area is 139 Å². The molecule has 0 aliphatic carbocycles. The van der Waals surface area contributed by atoms with Crippen LogP contribution in [0.1, 0.15) is 32.6 Å². The summed E-state index contributed by atoms with van der Waals surface area (Å²) in [4.78, 5) is 0. The molecular formula is C20H26N2O. The Balaban J connectivity index is 1.60. The zero-order chi connectivity index (χ0) is 15.9. The summed E-state index contributed by atoms with van der Waals surface area (Å²) in [6, 6.07) is 14.9. The van der Waals surface area contributed by atoms with E-state index in [1.165, 1.54) is 41.8 Å². The second kappa shape index (κ2) is 7.91. The summed E-state index contributed by atoms with van der Waals surface area (Å²) in [6.07, 6.45) is 4.95. The summed E-state index contributed by atoms with van der Waals surface area (Å²) in [6.45, 7) is 5.00. The average Bonchev–Trinajstić information content (AvgIpc) is 2.62. The van der Waals surface area contributed by atoms with Crippen molar-refractivity contribution in [1.82, 2.24) is 0 Å². The smallest absolute Gasteiger partial charge is 0.119 e. The first kappa shape index (κ1) is 15.7. The predicted molar refractivity (Wildman–Crippen MR) is 98.5 cm³/mol. The van der Waals surface area contributed by atoms with Gasteiger partial charge in [-0.15, -0.1) is 0 Å². The minimum Gasteiger partial charge on any atom is -0.494 e. The van der Waals surface area contributed by atoms with Gasteiger partial charge in [-0.25, -0.2) is 0 Å². The minimum atomic E-state index is 0.813. The van der Waals surface area contributed by atoms with Crippen molar-refractivity contribution in [1.29, 1.82) is 0 Å². The molecule has 3 heteroatoms. The fourth-order valence-electron chi connectivity index (χ4n) is 2.88. The number of ether oxygens (including phenoxy) is 1. The Hall–Kier alpha value is -2.16. The second-order valence-corrected chi connectivity index (χ2v) is 6.05. The molecule has 0 atom stereocenters. The highest BCUT2D eigenvalue weighted by molar-refractivity contribution is 5.78. The molecule has 0 radical (unpaired) electrons. The van der Waals surface area contributed by atoms with Crippen LogP contribution in [-0.2, 0) is 0 Å². The van der Waals surface area contributed by atoms with Crippen LogP contribution in [0.3, 0.4) is 0 Å². The number of rotatable bonds is 7. The number of unbranched alkanes of at least 4 members (excludes halogenated alkanes) is 3. The number of hydrogen-bond acceptors (Lipinski definition) is 3. The molecule has 0 bridgehead atoms. The lowest BCUT2D eigenvalue weighted by Gasteiger charge is -2.20. The molecule has 2 aromatic carbocycles. The van der Waals surface area contributed by atoms with E-state index in [0.717, 1.165) is 31.9 Å². The molecule has 0 amide bonds. The lowest BCUT2D eigenvalue weighted by Crippen LogP contribution is -2.20. The van der Waals surface area contributed by atoms with E-state index in [4.69, 9.17) is 4.74 Å². The van der Waals surface area contributed by atoms with Crippen molar-refractivity contribution in [2.75, 3.05) is 30.3 Å². The zero-order valence-corrected chi connectivity index (χ0v) is 13.9. The molecule has 1 aliphatic heterocycles. The molecule has 3 nitrogen and oxygen atoms in total. The maximum atomic E-state index is 5.81. The summed E-state index contributed by atoms with van der Waals surface area (Å²) >= 11 is 0. The lowest BCUT2D eigenvalue weighted by atomic mass is 10.0. The lowest BCUT2D eigenvalue weighted by molar-refractivity contribution is 0.305. The zero-order valence-electron chi connectivity index (χ0n) is 13.9. The summed E-state index contributed by atoms with van der Waals surface area (Å²) in [5.74, 6) is 0.961. The van der Waals surface area contributed by atoms with Gasteiger partial charge in [-0.05, 0) is 41.8 Å². The number of nitrogens with one attached hydrogen (secondary N) is 2. The number of fused-ring (bicyclic) bond motifs is 1. The average molecular weight is 310 g/mol. The highest BCUT2D eigenvalue weighted by Crippen LogP contribution is 2.31. The molecule has 122 valence electrons. The van der Waals surface area contributed by atoms with Gasteiger partial charge in [-0.1, -0.05) is 44.4 Å². The predicted octanol–water partition coefficient (Wildman–Crippen LogP) is 5.15. The Kier molecular flexibility index (Phi) is 5.41. The van der Waals surface area contributed by atoms with Crippen molar-refractivity contribution in [2.45, 2.75) is 32.6 Å². The summed E-state index contributed by atoms with van der Waals surface area (Å²) in [5, 5.41) is 6.85. The van der Waals surface area contributed by atoms with E-state index in [0.29, 0.717) is 0 Å². The third-order valence-corrected chi connectivity index (χ3v) is 4.23. The van der Waals surface area contributed by atoms with Crippen molar-refractivity contribution in [3.8, 4) is 16.9 Å². The van der Waals surface area contributed by atoms with E-state index in [1.807, 2.05) is 0 Å². The number of anilines is 2. The fraction of sp³-hybridized carbons (Fsp3) is 0.400. The van der Waals surface area contributed by atoms with Gasteiger partial charge >= 0.3 is 0 Å². The Morgan fingerprint density at radius 2 is 1.57 bits per heavy atom. The van der Waals surface area contributed by atoms with Crippen LogP contribution in [0.5, 0.6) is 5.75 Å². The molecule has 0 spiro atoms. The van der Waals surface area contributed by atoms with Crippen LogP contribution >= 0.6 is 0 Å². The van der Waals surface area contributed by atoms with Crippen molar-refractivity contribution in [3.63, 3.8) is 0 Å². The molecular weight excluding hydrogens is 284 g/mol. The van der Waals surface area contributed by atoms with Gasteiger partial charge in [-0.3, -0.25) is 0 Å². The van der Waals surface area contributed by atoms with E-state index in [1.54, 1.807) is 0 Å². The molecule has 2 aromatic rings. The van der Waals surface area contributed by atoms with Gasteiger partial charge in [-0.2, -0.15) is 0 Å². The van der Waals surface area contributed by atoms with Crippen molar-refractivity contribution < 1.29 is 4.74 Å². The molecule has 1 heterocycles. The monoisotopic (exact) mass is 310 g/mol. The van der Waals surface area contributed by atoms with E-state index in [-0.39, 0.29) is 0 Å². The maximum absolute atomic E-state index is 5.81. The molecule has 0 aromatic heterocycles. The minimum absolute atomic E-state index is 0.813. The first-order chi connectivity index (χ1) is 11.4.